The number of rotatable bonds is 5. The van der Waals surface area contributed by atoms with Crippen LogP contribution in [0.2, 0.25) is 0 Å². The monoisotopic (exact) mass is 368 g/mol. The molecule has 0 aliphatic heterocycles. The maximum atomic E-state index is 9.09. The van der Waals surface area contributed by atoms with Gasteiger partial charge < -0.3 is 4.42 Å². The Hall–Kier alpha value is -4.18. The Morgan fingerprint density at radius 2 is 1.82 bits per heavy atom. The van der Waals surface area contributed by atoms with Gasteiger partial charge in [-0.2, -0.15) is 15.5 Å². The highest BCUT2D eigenvalue weighted by atomic mass is 16.4. The molecule has 28 heavy (non-hydrogen) atoms. The summed E-state index contributed by atoms with van der Waals surface area (Å²) in [5.74, 6) is 0.615. The minimum Gasteiger partial charge on any atom is -0.422 e. The average molecular weight is 368 g/mol. The molecular weight excluding hydrogens is 352 g/mol. The summed E-state index contributed by atoms with van der Waals surface area (Å²) >= 11 is 0. The highest BCUT2D eigenvalue weighted by Gasteiger charge is 2.12. The quantitative estimate of drug-likeness (QED) is 0.422. The van der Waals surface area contributed by atoms with Crippen molar-refractivity contribution in [2.45, 2.75) is 6.92 Å². The van der Waals surface area contributed by atoms with Crippen LogP contribution in [0.4, 0.5) is 5.88 Å². The maximum absolute atomic E-state index is 9.09. The molecule has 0 fully saturated rings. The number of hydrogen-bond acceptors (Lipinski definition) is 6. The van der Waals surface area contributed by atoms with E-state index >= 15 is 0 Å². The summed E-state index contributed by atoms with van der Waals surface area (Å²) < 4.78 is 7.16. The van der Waals surface area contributed by atoms with E-state index in [1.807, 2.05) is 77.6 Å². The standard InChI is InChI=1S/C21H16N6O/c1-15-24-19(12-22)21(28-15)25-23-13-17-14-27(18-10-6-3-7-11-18)26-20(17)16-8-4-2-5-9-16/h2-11,13-14,25H,1H3. The second kappa shape index (κ2) is 7.60. The third-order valence-corrected chi connectivity index (χ3v) is 4.02. The van der Waals surface area contributed by atoms with Crippen LogP contribution in [0.5, 0.6) is 0 Å². The Morgan fingerprint density at radius 1 is 1.11 bits per heavy atom. The molecule has 2 heterocycles. The first-order chi connectivity index (χ1) is 13.7. The first kappa shape index (κ1) is 17.2. The van der Waals surface area contributed by atoms with Crippen molar-refractivity contribution in [2.75, 3.05) is 5.43 Å². The Bertz CT molecular complexity index is 1150. The Morgan fingerprint density at radius 3 is 2.54 bits per heavy atom. The summed E-state index contributed by atoms with van der Waals surface area (Å²) in [6.45, 7) is 1.67. The lowest BCUT2D eigenvalue weighted by Gasteiger charge is -2.00. The third-order valence-electron chi connectivity index (χ3n) is 4.02. The number of nitriles is 1. The fraction of sp³-hybridized carbons (Fsp3) is 0.0476. The lowest BCUT2D eigenvalue weighted by Crippen LogP contribution is -1.93. The van der Waals surface area contributed by atoms with Gasteiger partial charge in [-0.05, 0) is 12.1 Å². The minimum atomic E-state index is 0.165. The highest BCUT2D eigenvalue weighted by molar-refractivity contribution is 5.89. The lowest BCUT2D eigenvalue weighted by atomic mass is 10.1. The third kappa shape index (κ3) is 3.52. The number of anilines is 1. The molecule has 2 aromatic carbocycles. The molecule has 0 radical (unpaired) electrons. The molecule has 7 nitrogen and oxygen atoms in total. The molecule has 0 saturated heterocycles. The molecule has 2 aromatic heterocycles. The molecule has 4 aromatic rings. The van der Waals surface area contributed by atoms with Gasteiger partial charge in [0.05, 0.1) is 11.9 Å². The van der Waals surface area contributed by atoms with Crippen LogP contribution in [0.3, 0.4) is 0 Å². The van der Waals surface area contributed by atoms with Crippen molar-refractivity contribution < 1.29 is 4.42 Å². The number of hydrogen-bond donors (Lipinski definition) is 1. The van der Waals surface area contributed by atoms with Gasteiger partial charge in [-0.15, -0.1) is 0 Å². The van der Waals surface area contributed by atoms with Crippen LogP contribution in [0.15, 0.2) is 76.4 Å². The zero-order valence-corrected chi connectivity index (χ0v) is 15.1. The van der Waals surface area contributed by atoms with Crippen molar-refractivity contribution in [3.63, 3.8) is 0 Å². The molecule has 0 aliphatic carbocycles. The van der Waals surface area contributed by atoms with E-state index < -0.39 is 0 Å². The SMILES string of the molecule is Cc1nc(C#N)c(NN=Cc2cn(-c3ccccc3)nc2-c2ccccc2)o1. The number of hydrazone groups is 1. The van der Waals surface area contributed by atoms with Gasteiger partial charge in [0.2, 0.25) is 5.69 Å². The van der Waals surface area contributed by atoms with Gasteiger partial charge in [0.25, 0.3) is 5.88 Å². The lowest BCUT2D eigenvalue weighted by molar-refractivity contribution is 0.533. The van der Waals surface area contributed by atoms with E-state index in [-0.39, 0.29) is 11.6 Å². The van der Waals surface area contributed by atoms with E-state index in [1.165, 1.54) is 0 Å². The van der Waals surface area contributed by atoms with E-state index in [0.717, 1.165) is 22.5 Å². The molecule has 0 atom stereocenters. The van der Waals surface area contributed by atoms with Gasteiger partial charge in [-0.25, -0.2) is 15.1 Å². The van der Waals surface area contributed by atoms with E-state index in [0.29, 0.717) is 5.89 Å². The molecule has 1 N–H and O–H groups in total. The summed E-state index contributed by atoms with van der Waals surface area (Å²) in [6, 6.07) is 21.7. The van der Waals surface area contributed by atoms with Gasteiger partial charge in [0.15, 0.2) is 5.89 Å². The van der Waals surface area contributed by atoms with Crippen LogP contribution in [0.25, 0.3) is 16.9 Å². The molecular formula is C21H16N6O. The van der Waals surface area contributed by atoms with Crippen LogP contribution in [0, 0.1) is 18.3 Å². The van der Waals surface area contributed by atoms with Crippen molar-refractivity contribution in [1.29, 1.82) is 5.26 Å². The maximum Gasteiger partial charge on any atom is 0.252 e. The molecule has 4 rings (SSSR count). The predicted octanol–water partition coefficient (Wildman–Crippen LogP) is 4.15. The van der Waals surface area contributed by atoms with Gasteiger partial charge >= 0.3 is 0 Å². The molecule has 0 saturated carbocycles. The molecule has 7 heteroatoms. The van der Waals surface area contributed by atoms with Gasteiger partial charge in [0, 0.05) is 24.2 Å². The predicted molar refractivity (Wildman–Crippen MR) is 106 cm³/mol. The second-order valence-corrected chi connectivity index (χ2v) is 5.97. The smallest absolute Gasteiger partial charge is 0.252 e. The molecule has 0 aliphatic rings. The summed E-state index contributed by atoms with van der Waals surface area (Å²) in [7, 11) is 0. The fourth-order valence-corrected chi connectivity index (χ4v) is 2.75. The molecule has 0 spiro atoms. The number of aromatic nitrogens is 3. The zero-order valence-electron chi connectivity index (χ0n) is 15.1. The van der Waals surface area contributed by atoms with E-state index in [2.05, 4.69) is 15.5 Å². The summed E-state index contributed by atoms with van der Waals surface area (Å²) in [5, 5.41) is 18.0. The number of para-hydroxylation sites is 1. The Labute approximate surface area is 161 Å². The van der Waals surface area contributed by atoms with Crippen molar-refractivity contribution in [3.8, 4) is 23.0 Å². The summed E-state index contributed by atoms with van der Waals surface area (Å²) in [5.41, 5.74) is 6.45. The summed E-state index contributed by atoms with van der Waals surface area (Å²) in [6.07, 6.45) is 3.55. The van der Waals surface area contributed by atoms with Crippen molar-refractivity contribution in [2.24, 2.45) is 5.10 Å². The van der Waals surface area contributed by atoms with Gasteiger partial charge in [-0.1, -0.05) is 48.5 Å². The van der Waals surface area contributed by atoms with Crippen molar-refractivity contribution in [3.05, 3.63) is 84.0 Å². The normalized spacial score (nSPS) is 10.9. The van der Waals surface area contributed by atoms with Crippen LogP contribution in [0.1, 0.15) is 17.1 Å². The van der Waals surface area contributed by atoms with Crippen LogP contribution < -0.4 is 5.43 Å². The number of nitrogens with one attached hydrogen (secondary N) is 1. The van der Waals surface area contributed by atoms with Crippen molar-refractivity contribution in [1.82, 2.24) is 14.8 Å². The average Bonchev–Trinajstić information content (AvgIpc) is 3.33. The van der Waals surface area contributed by atoms with Crippen molar-refractivity contribution >= 4 is 12.1 Å². The Kier molecular flexibility index (Phi) is 4.68. The van der Waals surface area contributed by atoms with Gasteiger partial charge in [-0.3, -0.25) is 0 Å². The highest BCUT2D eigenvalue weighted by Crippen LogP contribution is 2.23. The fourth-order valence-electron chi connectivity index (χ4n) is 2.75. The van der Waals surface area contributed by atoms with Crippen LogP contribution in [-0.2, 0) is 0 Å². The first-order valence-corrected chi connectivity index (χ1v) is 8.62. The van der Waals surface area contributed by atoms with E-state index in [9.17, 15) is 0 Å². The molecule has 0 bridgehead atoms. The van der Waals surface area contributed by atoms with E-state index in [1.54, 1.807) is 13.1 Å². The first-order valence-electron chi connectivity index (χ1n) is 8.62. The van der Waals surface area contributed by atoms with Crippen LogP contribution in [-0.4, -0.2) is 21.0 Å². The van der Waals surface area contributed by atoms with Gasteiger partial charge in [0.1, 0.15) is 11.8 Å². The largest absolute Gasteiger partial charge is 0.422 e. The number of nitrogens with zero attached hydrogens (tertiary/aromatic N) is 5. The number of benzene rings is 2. The number of aryl methyl sites for hydroxylation is 1. The molecule has 0 unspecified atom stereocenters. The molecule has 0 amide bonds. The Balaban J connectivity index is 1.69. The second-order valence-electron chi connectivity index (χ2n) is 5.97. The summed E-state index contributed by atoms with van der Waals surface area (Å²) in [4.78, 5) is 3.98. The zero-order chi connectivity index (χ0) is 19.3. The topological polar surface area (TPSA) is 92.0 Å². The molecule has 136 valence electrons. The van der Waals surface area contributed by atoms with E-state index in [4.69, 9.17) is 14.8 Å². The van der Waals surface area contributed by atoms with Crippen LogP contribution >= 0.6 is 0 Å². The number of oxazole rings is 1. The minimum absolute atomic E-state index is 0.165.